The van der Waals surface area contributed by atoms with Gasteiger partial charge in [-0.25, -0.2) is 0 Å². The van der Waals surface area contributed by atoms with Crippen LogP contribution in [-0.4, -0.2) is 18.7 Å². The quantitative estimate of drug-likeness (QED) is 0.631. The van der Waals surface area contributed by atoms with E-state index in [4.69, 9.17) is 0 Å². The Bertz CT molecular complexity index is 670. The Kier molecular flexibility index (Phi) is 6.15. The van der Waals surface area contributed by atoms with E-state index in [0.29, 0.717) is 0 Å². The van der Waals surface area contributed by atoms with E-state index in [1.807, 2.05) is 0 Å². The van der Waals surface area contributed by atoms with E-state index in [2.05, 4.69) is 81.8 Å². The van der Waals surface area contributed by atoms with Gasteiger partial charge in [-0.2, -0.15) is 8.42 Å². The number of benzene rings is 2. The molecule has 0 radical (unpaired) electrons. The Labute approximate surface area is 121 Å². The number of thiocarbonyl (C=S) groups is 2. The van der Waals surface area contributed by atoms with E-state index in [0.717, 1.165) is 0 Å². The molecule has 7 heteroatoms. The molecular weight excluding hydrogens is 300 g/mol. The maximum atomic E-state index is 10.2. The molecule has 0 aromatic heterocycles. The summed E-state index contributed by atoms with van der Waals surface area (Å²) >= 11 is 7.99. The molecule has 2 aromatic rings. The van der Waals surface area contributed by atoms with E-state index in [1.54, 1.807) is 10.3 Å². The molecule has 0 aliphatic rings. The smallest absolute Gasteiger partial charge is 0.178 e. The lowest BCUT2D eigenvalue weighted by atomic mass is 10.1. The zero-order chi connectivity index (χ0) is 14.1. The third kappa shape index (κ3) is 5.61. The van der Waals surface area contributed by atoms with Gasteiger partial charge in [-0.3, -0.25) is 0 Å². The van der Waals surface area contributed by atoms with Gasteiger partial charge in [0.2, 0.25) is 0 Å². The topological polar surface area (TPSA) is 58.9 Å². The van der Waals surface area contributed by atoms with E-state index in [9.17, 15) is 8.42 Å². The number of nitrogens with zero attached hydrogens (tertiary/aromatic N) is 2. The Morgan fingerprint density at radius 2 is 1.11 bits per heavy atom. The molecule has 0 amide bonds. The van der Waals surface area contributed by atoms with Crippen LogP contribution < -0.4 is 0 Å². The van der Waals surface area contributed by atoms with E-state index in [1.165, 1.54) is 10.8 Å². The fourth-order valence-electron chi connectivity index (χ4n) is 1.25. The first kappa shape index (κ1) is 15.3. The van der Waals surface area contributed by atoms with E-state index < -0.39 is 10.2 Å². The molecule has 19 heavy (non-hydrogen) atoms. The largest absolute Gasteiger partial charge is 0.379 e. The van der Waals surface area contributed by atoms with Crippen LogP contribution in [0.25, 0.3) is 10.8 Å². The second-order valence-electron chi connectivity index (χ2n) is 3.16. The van der Waals surface area contributed by atoms with Gasteiger partial charge in [0, 0.05) is 0 Å². The predicted molar refractivity (Wildman–Crippen MR) is 82.9 cm³/mol. The SMILES string of the molecule is O=S(=O)(N=C=S)N=C=S.c1ccc2ccccc2c1. The van der Waals surface area contributed by atoms with Crippen LogP contribution >= 0.6 is 24.4 Å². The lowest BCUT2D eigenvalue weighted by Gasteiger charge is -1.92. The minimum absolute atomic E-state index is 1.31. The summed E-state index contributed by atoms with van der Waals surface area (Å²) < 4.78 is 25.9. The van der Waals surface area contributed by atoms with Crippen molar-refractivity contribution in [1.82, 2.24) is 0 Å². The van der Waals surface area contributed by atoms with Gasteiger partial charge in [-0.1, -0.05) is 57.3 Å². The minimum Gasteiger partial charge on any atom is -0.178 e. The van der Waals surface area contributed by atoms with Crippen molar-refractivity contribution in [1.29, 1.82) is 0 Å². The first-order chi connectivity index (χ1) is 9.09. The maximum Gasteiger partial charge on any atom is 0.379 e. The number of isothiocyanates is 2. The van der Waals surface area contributed by atoms with Crippen LogP contribution in [0.4, 0.5) is 0 Å². The average Bonchev–Trinajstić information content (AvgIpc) is 2.39. The molecule has 4 nitrogen and oxygen atoms in total. The van der Waals surface area contributed by atoms with Gasteiger partial charge in [-0.15, -0.1) is 0 Å². The highest BCUT2D eigenvalue weighted by Crippen LogP contribution is 2.11. The molecule has 0 heterocycles. The van der Waals surface area contributed by atoms with Crippen LogP contribution in [0, 0.1) is 0 Å². The molecule has 0 saturated carbocycles. The molecule has 0 N–H and O–H groups in total. The van der Waals surface area contributed by atoms with Crippen molar-refractivity contribution < 1.29 is 8.42 Å². The van der Waals surface area contributed by atoms with Crippen LogP contribution in [-0.2, 0) is 10.2 Å². The van der Waals surface area contributed by atoms with Crippen LogP contribution in [0.3, 0.4) is 0 Å². The zero-order valence-corrected chi connectivity index (χ0v) is 12.0. The Morgan fingerprint density at radius 1 is 0.789 bits per heavy atom. The highest BCUT2D eigenvalue weighted by atomic mass is 32.2. The normalized spacial score (nSPS) is 9.47. The van der Waals surface area contributed by atoms with Crippen LogP contribution in [0.1, 0.15) is 0 Å². The van der Waals surface area contributed by atoms with Crippen LogP contribution in [0.2, 0.25) is 0 Å². The van der Waals surface area contributed by atoms with Gasteiger partial charge in [0.25, 0.3) is 0 Å². The summed E-state index contributed by atoms with van der Waals surface area (Å²) in [6.07, 6.45) is 0. The van der Waals surface area contributed by atoms with E-state index >= 15 is 0 Å². The minimum atomic E-state index is -3.86. The first-order valence-electron chi connectivity index (χ1n) is 4.96. The Morgan fingerprint density at radius 3 is 1.37 bits per heavy atom. The number of fused-ring (bicyclic) bond motifs is 1. The van der Waals surface area contributed by atoms with Gasteiger partial charge >= 0.3 is 10.2 Å². The maximum absolute atomic E-state index is 10.2. The second kappa shape index (κ2) is 7.63. The number of rotatable bonds is 2. The van der Waals surface area contributed by atoms with E-state index in [-0.39, 0.29) is 0 Å². The Balaban J connectivity index is 0.000000192. The standard InChI is InChI=1S/C10H8.C2N2O2S3/c1-2-6-10-8-4-3-7-9(10)5-1;5-9(6,3-1-7)4-2-8/h1-8H;. The molecule has 0 saturated heterocycles. The molecule has 0 unspecified atom stereocenters. The summed E-state index contributed by atoms with van der Waals surface area (Å²) in [5, 5.41) is 5.89. The van der Waals surface area contributed by atoms with Crippen molar-refractivity contribution in [2.24, 2.45) is 8.80 Å². The first-order valence-corrected chi connectivity index (χ1v) is 7.17. The number of hydrogen-bond donors (Lipinski definition) is 0. The van der Waals surface area contributed by atoms with Gasteiger partial charge in [-0.05, 0) is 35.2 Å². The van der Waals surface area contributed by atoms with Gasteiger partial charge in [0.1, 0.15) is 0 Å². The highest BCUT2D eigenvalue weighted by molar-refractivity contribution is 7.90. The summed E-state index contributed by atoms with van der Waals surface area (Å²) in [5.74, 6) is 0. The lowest BCUT2D eigenvalue weighted by Crippen LogP contribution is -1.85. The molecule has 0 fully saturated rings. The van der Waals surface area contributed by atoms with Gasteiger partial charge in [0.05, 0.1) is 10.3 Å². The Hall–Kier alpha value is -1.75. The lowest BCUT2D eigenvalue weighted by molar-refractivity contribution is 0.600. The monoisotopic (exact) mass is 308 g/mol. The predicted octanol–water partition coefficient (Wildman–Crippen LogP) is 3.28. The summed E-state index contributed by atoms with van der Waals surface area (Å²) in [7, 11) is -3.86. The summed E-state index contributed by atoms with van der Waals surface area (Å²) in [6, 6.07) is 16.7. The molecule has 0 atom stereocenters. The van der Waals surface area contributed by atoms with Crippen LogP contribution in [0.5, 0.6) is 0 Å². The van der Waals surface area contributed by atoms with Crippen molar-refractivity contribution in [2.45, 2.75) is 0 Å². The highest BCUT2D eigenvalue weighted by Gasteiger charge is 1.98. The van der Waals surface area contributed by atoms with Gasteiger partial charge < -0.3 is 0 Å². The zero-order valence-electron chi connectivity index (χ0n) is 9.55. The van der Waals surface area contributed by atoms with Gasteiger partial charge in [0.15, 0.2) is 0 Å². The molecule has 0 aliphatic heterocycles. The van der Waals surface area contributed by atoms with Crippen molar-refractivity contribution in [2.75, 3.05) is 0 Å². The fourth-order valence-corrected chi connectivity index (χ4v) is 2.04. The molecule has 0 spiro atoms. The third-order valence-electron chi connectivity index (χ3n) is 1.96. The number of hydrogen-bond acceptors (Lipinski definition) is 4. The summed E-state index contributed by atoms with van der Waals surface area (Å²) in [5.41, 5.74) is 0. The molecular formula is C12H8N2O2S3. The average molecular weight is 308 g/mol. The van der Waals surface area contributed by atoms with Crippen molar-refractivity contribution >= 4 is 55.7 Å². The summed E-state index contributed by atoms with van der Waals surface area (Å²) in [6.45, 7) is 0. The third-order valence-corrected chi connectivity index (χ3v) is 3.02. The van der Waals surface area contributed by atoms with Crippen LogP contribution in [0.15, 0.2) is 57.3 Å². The van der Waals surface area contributed by atoms with Crippen molar-refractivity contribution in [3.63, 3.8) is 0 Å². The fraction of sp³-hybridized carbons (Fsp3) is 0. The second-order valence-corrected chi connectivity index (χ2v) is 4.79. The van der Waals surface area contributed by atoms with Crippen molar-refractivity contribution in [3.05, 3.63) is 48.5 Å². The molecule has 2 aromatic carbocycles. The van der Waals surface area contributed by atoms with Crippen molar-refractivity contribution in [3.8, 4) is 0 Å². The summed E-state index contributed by atoms with van der Waals surface area (Å²) in [4.78, 5) is 0. The molecule has 0 bridgehead atoms. The molecule has 96 valence electrons. The molecule has 0 aliphatic carbocycles. The molecule has 2 rings (SSSR count).